The number of ketones is 1. The smallest absolute Gasteiger partial charge is 0.228 e. The topological polar surface area (TPSA) is 46.6 Å². The van der Waals surface area contributed by atoms with E-state index in [0.717, 1.165) is 45.1 Å². The fraction of sp³-hybridized carbons (Fsp3) is 0.875. The molecule has 0 radical (unpaired) electrons. The SMILES string of the molecule is CCC1OCCC1C(=O)N1CCCCCC1CC(C)=O. The molecule has 2 aliphatic heterocycles. The summed E-state index contributed by atoms with van der Waals surface area (Å²) in [7, 11) is 0. The van der Waals surface area contributed by atoms with E-state index in [4.69, 9.17) is 4.74 Å². The van der Waals surface area contributed by atoms with Gasteiger partial charge in [0.15, 0.2) is 0 Å². The van der Waals surface area contributed by atoms with Crippen molar-refractivity contribution in [1.82, 2.24) is 4.90 Å². The highest BCUT2D eigenvalue weighted by Crippen LogP contribution is 2.29. The molecule has 4 heteroatoms. The number of nitrogens with zero attached hydrogens (tertiary/aromatic N) is 1. The van der Waals surface area contributed by atoms with E-state index in [2.05, 4.69) is 6.92 Å². The molecule has 0 aromatic rings. The van der Waals surface area contributed by atoms with Gasteiger partial charge in [0.05, 0.1) is 12.0 Å². The minimum absolute atomic E-state index is 0.00700. The number of likely N-dealkylation sites (tertiary alicyclic amines) is 1. The van der Waals surface area contributed by atoms with Gasteiger partial charge in [0.2, 0.25) is 5.91 Å². The summed E-state index contributed by atoms with van der Waals surface area (Å²) in [5.74, 6) is 0.416. The second-order valence-electron chi connectivity index (χ2n) is 6.15. The fourth-order valence-corrected chi connectivity index (χ4v) is 3.56. The average molecular weight is 281 g/mol. The molecule has 0 spiro atoms. The van der Waals surface area contributed by atoms with Crippen LogP contribution < -0.4 is 0 Å². The van der Waals surface area contributed by atoms with E-state index >= 15 is 0 Å². The van der Waals surface area contributed by atoms with Crippen LogP contribution in [0.5, 0.6) is 0 Å². The minimum Gasteiger partial charge on any atom is -0.377 e. The van der Waals surface area contributed by atoms with Gasteiger partial charge in [-0.05, 0) is 32.6 Å². The standard InChI is InChI=1S/C16H27NO3/c1-3-15-14(8-10-20-15)16(19)17-9-6-4-5-7-13(17)11-12(2)18/h13-15H,3-11H2,1-2H3. The van der Waals surface area contributed by atoms with Crippen molar-refractivity contribution in [3.63, 3.8) is 0 Å². The van der Waals surface area contributed by atoms with Crippen molar-refractivity contribution in [1.29, 1.82) is 0 Å². The molecule has 3 unspecified atom stereocenters. The number of amides is 1. The van der Waals surface area contributed by atoms with E-state index in [1.165, 1.54) is 0 Å². The van der Waals surface area contributed by atoms with E-state index < -0.39 is 0 Å². The van der Waals surface area contributed by atoms with Gasteiger partial charge >= 0.3 is 0 Å². The first kappa shape index (κ1) is 15.5. The average Bonchev–Trinajstić information content (AvgIpc) is 2.78. The van der Waals surface area contributed by atoms with Crippen LogP contribution in [0.25, 0.3) is 0 Å². The van der Waals surface area contributed by atoms with Crippen LogP contribution in [0.2, 0.25) is 0 Å². The zero-order valence-corrected chi connectivity index (χ0v) is 12.8. The van der Waals surface area contributed by atoms with Gasteiger partial charge in [-0.3, -0.25) is 9.59 Å². The molecular weight excluding hydrogens is 254 g/mol. The lowest BCUT2D eigenvalue weighted by atomic mass is 9.96. The first-order valence-electron chi connectivity index (χ1n) is 8.05. The summed E-state index contributed by atoms with van der Waals surface area (Å²) < 4.78 is 5.66. The number of hydrogen-bond donors (Lipinski definition) is 0. The van der Waals surface area contributed by atoms with Crippen molar-refractivity contribution in [3.05, 3.63) is 0 Å². The maximum atomic E-state index is 12.8. The summed E-state index contributed by atoms with van der Waals surface area (Å²) in [6, 6.07) is 0.112. The third-order valence-electron chi connectivity index (χ3n) is 4.61. The number of carbonyl (C=O) groups excluding carboxylic acids is 2. The molecule has 0 aromatic heterocycles. The summed E-state index contributed by atoms with van der Waals surface area (Å²) in [6.07, 6.45) is 6.62. The highest BCUT2D eigenvalue weighted by Gasteiger charge is 2.38. The van der Waals surface area contributed by atoms with Crippen LogP contribution in [0, 0.1) is 5.92 Å². The summed E-state index contributed by atoms with van der Waals surface area (Å²) >= 11 is 0. The third kappa shape index (κ3) is 3.60. The van der Waals surface area contributed by atoms with E-state index in [1.54, 1.807) is 6.92 Å². The molecule has 2 fully saturated rings. The summed E-state index contributed by atoms with van der Waals surface area (Å²) in [5, 5.41) is 0. The Morgan fingerprint density at radius 1 is 1.20 bits per heavy atom. The Bertz CT molecular complexity index is 356. The van der Waals surface area contributed by atoms with Crippen molar-refractivity contribution in [2.45, 2.75) is 70.9 Å². The van der Waals surface area contributed by atoms with Crippen LogP contribution in [-0.4, -0.2) is 41.9 Å². The van der Waals surface area contributed by atoms with Crippen molar-refractivity contribution >= 4 is 11.7 Å². The Morgan fingerprint density at radius 2 is 2.00 bits per heavy atom. The Balaban J connectivity index is 2.08. The largest absolute Gasteiger partial charge is 0.377 e. The Hall–Kier alpha value is -0.900. The molecule has 0 aliphatic carbocycles. The highest BCUT2D eigenvalue weighted by atomic mass is 16.5. The van der Waals surface area contributed by atoms with Crippen molar-refractivity contribution < 1.29 is 14.3 Å². The zero-order valence-electron chi connectivity index (χ0n) is 12.8. The van der Waals surface area contributed by atoms with Gasteiger partial charge in [0.25, 0.3) is 0 Å². The summed E-state index contributed by atoms with van der Waals surface area (Å²) in [5.41, 5.74) is 0. The van der Waals surface area contributed by atoms with Gasteiger partial charge in [0, 0.05) is 25.6 Å². The number of Topliss-reactive ketones (excluding diaryl/α,β-unsaturated/α-hetero) is 1. The van der Waals surface area contributed by atoms with Crippen LogP contribution in [0.3, 0.4) is 0 Å². The normalized spacial score (nSPS) is 31.1. The molecule has 3 atom stereocenters. The zero-order chi connectivity index (χ0) is 14.5. The molecule has 2 saturated heterocycles. The summed E-state index contributed by atoms with van der Waals surface area (Å²) in [4.78, 5) is 26.3. The van der Waals surface area contributed by atoms with Gasteiger partial charge < -0.3 is 9.64 Å². The molecule has 2 heterocycles. The van der Waals surface area contributed by atoms with Crippen molar-refractivity contribution in [2.75, 3.05) is 13.2 Å². The number of hydrogen-bond acceptors (Lipinski definition) is 3. The Kier molecular flexibility index (Phi) is 5.58. The molecule has 20 heavy (non-hydrogen) atoms. The van der Waals surface area contributed by atoms with Crippen LogP contribution in [0.1, 0.15) is 58.8 Å². The van der Waals surface area contributed by atoms with E-state index in [0.29, 0.717) is 13.0 Å². The van der Waals surface area contributed by atoms with Crippen LogP contribution in [0.15, 0.2) is 0 Å². The van der Waals surface area contributed by atoms with Crippen LogP contribution in [0.4, 0.5) is 0 Å². The Labute approximate surface area is 121 Å². The predicted octanol–water partition coefficient (Wildman–Crippen LogP) is 2.55. The number of carbonyl (C=O) groups is 2. The lowest BCUT2D eigenvalue weighted by molar-refractivity contribution is -0.140. The van der Waals surface area contributed by atoms with E-state index in [1.807, 2.05) is 4.90 Å². The molecular formula is C16H27NO3. The first-order valence-corrected chi connectivity index (χ1v) is 8.05. The molecule has 0 aromatic carbocycles. The maximum absolute atomic E-state index is 12.8. The van der Waals surface area contributed by atoms with Crippen molar-refractivity contribution in [2.24, 2.45) is 5.92 Å². The van der Waals surface area contributed by atoms with Gasteiger partial charge in [-0.1, -0.05) is 19.8 Å². The van der Waals surface area contributed by atoms with Crippen LogP contribution in [-0.2, 0) is 14.3 Å². The first-order chi connectivity index (χ1) is 9.63. The van der Waals surface area contributed by atoms with Gasteiger partial charge in [-0.25, -0.2) is 0 Å². The monoisotopic (exact) mass is 281 g/mol. The molecule has 114 valence electrons. The van der Waals surface area contributed by atoms with E-state index in [9.17, 15) is 9.59 Å². The quantitative estimate of drug-likeness (QED) is 0.795. The Morgan fingerprint density at radius 3 is 2.70 bits per heavy atom. The van der Waals surface area contributed by atoms with E-state index in [-0.39, 0.29) is 29.8 Å². The molecule has 4 nitrogen and oxygen atoms in total. The van der Waals surface area contributed by atoms with Gasteiger partial charge in [0.1, 0.15) is 5.78 Å². The molecule has 0 N–H and O–H groups in total. The van der Waals surface area contributed by atoms with Gasteiger partial charge in [-0.15, -0.1) is 0 Å². The highest BCUT2D eigenvalue weighted by molar-refractivity contribution is 5.82. The molecule has 2 rings (SSSR count). The lowest BCUT2D eigenvalue weighted by Gasteiger charge is -2.32. The predicted molar refractivity (Wildman–Crippen MR) is 77.4 cm³/mol. The lowest BCUT2D eigenvalue weighted by Crippen LogP contribution is -2.45. The number of rotatable bonds is 4. The van der Waals surface area contributed by atoms with Crippen LogP contribution >= 0.6 is 0 Å². The summed E-state index contributed by atoms with van der Waals surface area (Å²) in [6.45, 7) is 5.21. The molecule has 2 aliphatic rings. The fourth-order valence-electron chi connectivity index (χ4n) is 3.56. The molecule has 0 saturated carbocycles. The molecule has 1 amide bonds. The van der Waals surface area contributed by atoms with Gasteiger partial charge in [-0.2, -0.15) is 0 Å². The maximum Gasteiger partial charge on any atom is 0.228 e. The minimum atomic E-state index is 0.00700. The van der Waals surface area contributed by atoms with Crippen molar-refractivity contribution in [3.8, 4) is 0 Å². The molecule has 0 bridgehead atoms. The third-order valence-corrected chi connectivity index (χ3v) is 4.61. The second kappa shape index (κ2) is 7.21. The number of ether oxygens (including phenoxy) is 1. The second-order valence-corrected chi connectivity index (χ2v) is 6.15.